The molecule has 2 N–H and O–H groups in total. The molecule has 0 saturated heterocycles. The van der Waals surface area contributed by atoms with Gasteiger partial charge < -0.3 is 15.2 Å². The highest BCUT2D eigenvalue weighted by Crippen LogP contribution is 2.28. The Morgan fingerprint density at radius 3 is 2.50 bits per heavy atom. The molecule has 0 saturated carbocycles. The van der Waals surface area contributed by atoms with E-state index >= 15 is 0 Å². The Morgan fingerprint density at radius 1 is 1.35 bits per heavy atom. The normalized spacial score (nSPS) is 13.5. The first-order valence-electron chi connectivity index (χ1n) is 6.22. The number of hydrogen-bond acceptors (Lipinski definition) is 5. The highest BCUT2D eigenvalue weighted by molar-refractivity contribution is 7.89. The lowest BCUT2D eigenvalue weighted by atomic mass is 10.2. The summed E-state index contributed by atoms with van der Waals surface area (Å²) in [6.07, 6.45) is 0. The minimum absolute atomic E-state index is 0.119. The number of rotatable bonds is 7. The van der Waals surface area contributed by atoms with Crippen molar-refractivity contribution < 1.29 is 17.9 Å². The average Bonchev–Trinajstić information content (AvgIpc) is 2.45. The van der Waals surface area contributed by atoms with Gasteiger partial charge in [-0.3, -0.25) is 0 Å². The number of hydrogen-bond donors (Lipinski definition) is 1. The number of nitrogens with zero attached hydrogens (tertiary/aromatic N) is 1. The maximum Gasteiger partial charge on any atom is 0.246 e. The summed E-state index contributed by atoms with van der Waals surface area (Å²) in [7, 11) is 0.832. The fourth-order valence-electron chi connectivity index (χ4n) is 1.79. The zero-order valence-electron chi connectivity index (χ0n) is 12.3. The van der Waals surface area contributed by atoms with E-state index in [1.807, 2.05) is 0 Å². The molecule has 0 aliphatic rings. The number of sulfonamides is 1. The molecule has 0 aliphatic heterocycles. The summed E-state index contributed by atoms with van der Waals surface area (Å²) in [6, 6.07) is 4.63. The van der Waals surface area contributed by atoms with Crippen LogP contribution in [0.25, 0.3) is 0 Å². The topological polar surface area (TPSA) is 81.9 Å². The van der Waals surface area contributed by atoms with Crippen LogP contribution in [0.15, 0.2) is 23.1 Å². The second kappa shape index (κ2) is 7.03. The molecule has 0 radical (unpaired) electrons. The minimum atomic E-state index is -3.66. The molecule has 0 spiro atoms. The van der Waals surface area contributed by atoms with E-state index in [0.29, 0.717) is 12.4 Å². The van der Waals surface area contributed by atoms with Gasteiger partial charge in [-0.05, 0) is 24.6 Å². The molecular weight excluding hydrogens is 280 g/mol. The van der Waals surface area contributed by atoms with Crippen molar-refractivity contribution in [3.8, 4) is 5.75 Å². The third-order valence-electron chi connectivity index (χ3n) is 3.15. The molecule has 0 aromatic heterocycles. The summed E-state index contributed by atoms with van der Waals surface area (Å²) < 4.78 is 36.7. The van der Waals surface area contributed by atoms with Crippen molar-refractivity contribution in [1.82, 2.24) is 4.31 Å². The van der Waals surface area contributed by atoms with Gasteiger partial charge in [0.1, 0.15) is 10.6 Å². The highest BCUT2D eigenvalue weighted by Gasteiger charge is 2.28. The molecule has 0 amide bonds. The smallest absolute Gasteiger partial charge is 0.246 e. The summed E-state index contributed by atoms with van der Waals surface area (Å²) in [5, 5.41) is 0. The Balaban J connectivity index is 3.26. The Morgan fingerprint density at radius 2 is 2.00 bits per heavy atom. The summed E-state index contributed by atoms with van der Waals surface area (Å²) in [6.45, 7) is 2.36. The van der Waals surface area contributed by atoms with Crippen molar-refractivity contribution in [3.05, 3.63) is 23.8 Å². The van der Waals surface area contributed by atoms with Crippen LogP contribution in [0.5, 0.6) is 5.75 Å². The molecule has 1 aromatic rings. The molecule has 0 aliphatic carbocycles. The lowest BCUT2D eigenvalue weighted by Gasteiger charge is -2.24. The van der Waals surface area contributed by atoms with Crippen molar-refractivity contribution >= 4 is 10.0 Å². The summed E-state index contributed by atoms with van der Waals surface area (Å²) in [5.41, 5.74) is 6.30. The first kappa shape index (κ1) is 16.9. The second-order valence-corrected chi connectivity index (χ2v) is 6.48. The molecule has 0 heterocycles. The van der Waals surface area contributed by atoms with Crippen LogP contribution in [0.2, 0.25) is 0 Å². The number of benzene rings is 1. The molecule has 6 nitrogen and oxygen atoms in total. The molecule has 1 aromatic carbocycles. The predicted molar refractivity (Wildman–Crippen MR) is 77.2 cm³/mol. The van der Waals surface area contributed by atoms with E-state index in [2.05, 4.69) is 0 Å². The Kier molecular flexibility index (Phi) is 5.94. The van der Waals surface area contributed by atoms with Crippen molar-refractivity contribution in [2.45, 2.75) is 24.4 Å². The summed E-state index contributed by atoms with van der Waals surface area (Å²) in [4.78, 5) is 0.119. The first-order valence-corrected chi connectivity index (χ1v) is 7.66. The highest BCUT2D eigenvalue weighted by atomic mass is 32.2. The van der Waals surface area contributed by atoms with Gasteiger partial charge in [0.25, 0.3) is 0 Å². The van der Waals surface area contributed by atoms with E-state index in [0.717, 1.165) is 5.56 Å². The quantitative estimate of drug-likeness (QED) is 0.806. The van der Waals surface area contributed by atoms with E-state index in [-0.39, 0.29) is 17.5 Å². The average molecular weight is 302 g/mol. The van der Waals surface area contributed by atoms with Crippen LogP contribution in [0.3, 0.4) is 0 Å². The monoisotopic (exact) mass is 302 g/mol. The van der Waals surface area contributed by atoms with Crippen molar-refractivity contribution in [3.63, 3.8) is 0 Å². The van der Waals surface area contributed by atoms with Gasteiger partial charge in [-0.2, -0.15) is 4.31 Å². The molecule has 0 fully saturated rings. The Labute approximate surface area is 120 Å². The number of ether oxygens (including phenoxy) is 2. The van der Waals surface area contributed by atoms with E-state index in [1.54, 1.807) is 25.1 Å². The van der Waals surface area contributed by atoms with Gasteiger partial charge in [0.05, 0.1) is 13.7 Å². The zero-order valence-corrected chi connectivity index (χ0v) is 13.1. The molecule has 0 bridgehead atoms. The van der Waals surface area contributed by atoms with Gasteiger partial charge in [-0.15, -0.1) is 0 Å². The SMILES string of the molecule is COCC(C)N(C)S(=O)(=O)c1cc(CN)ccc1OC. The van der Waals surface area contributed by atoms with Crippen LogP contribution in [0.1, 0.15) is 12.5 Å². The van der Waals surface area contributed by atoms with Crippen LogP contribution < -0.4 is 10.5 Å². The summed E-state index contributed by atoms with van der Waals surface area (Å²) >= 11 is 0. The van der Waals surface area contributed by atoms with Crippen molar-refractivity contribution in [1.29, 1.82) is 0 Å². The van der Waals surface area contributed by atoms with Gasteiger partial charge >= 0.3 is 0 Å². The Hall–Kier alpha value is -1.15. The molecule has 7 heteroatoms. The van der Waals surface area contributed by atoms with Gasteiger partial charge in [0, 0.05) is 26.7 Å². The lowest BCUT2D eigenvalue weighted by Crippen LogP contribution is -2.38. The maximum absolute atomic E-state index is 12.6. The number of likely N-dealkylation sites (N-methyl/N-ethyl adjacent to an activating group) is 1. The van der Waals surface area contributed by atoms with E-state index in [4.69, 9.17) is 15.2 Å². The Bertz CT molecular complexity index is 545. The third-order valence-corrected chi connectivity index (χ3v) is 5.14. The van der Waals surface area contributed by atoms with E-state index in [9.17, 15) is 8.42 Å². The molecule has 1 atom stereocenters. The van der Waals surface area contributed by atoms with Crippen LogP contribution >= 0.6 is 0 Å². The molecule has 114 valence electrons. The fraction of sp³-hybridized carbons (Fsp3) is 0.538. The van der Waals surface area contributed by atoms with E-state index < -0.39 is 10.0 Å². The van der Waals surface area contributed by atoms with Crippen molar-refractivity contribution in [2.75, 3.05) is 27.9 Å². The number of nitrogens with two attached hydrogens (primary N) is 1. The first-order chi connectivity index (χ1) is 9.38. The minimum Gasteiger partial charge on any atom is -0.495 e. The third kappa shape index (κ3) is 3.49. The lowest BCUT2D eigenvalue weighted by molar-refractivity contribution is 0.149. The largest absolute Gasteiger partial charge is 0.495 e. The zero-order chi connectivity index (χ0) is 15.3. The maximum atomic E-state index is 12.6. The van der Waals surface area contributed by atoms with Crippen LogP contribution in [-0.4, -0.2) is 46.6 Å². The van der Waals surface area contributed by atoms with Crippen LogP contribution in [0.4, 0.5) is 0 Å². The van der Waals surface area contributed by atoms with Gasteiger partial charge in [-0.25, -0.2) is 8.42 Å². The summed E-state index contributed by atoms with van der Waals surface area (Å²) in [5.74, 6) is 0.304. The van der Waals surface area contributed by atoms with Crippen LogP contribution in [0, 0.1) is 0 Å². The van der Waals surface area contributed by atoms with Crippen LogP contribution in [-0.2, 0) is 21.3 Å². The fourth-order valence-corrected chi connectivity index (χ4v) is 3.34. The molecule has 1 unspecified atom stereocenters. The van der Waals surface area contributed by atoms with Gasteiger partial charge in [-0.1, -0.05) is 6.07 Å². The van der Waals surface area contributed by atoms with Crippen molar-refractivity contribution in [2.24, 2.45) is 5.73 Å². The van der Waals surface area contributed by atoms with Gasteiger partial charge in [0.15, 0.2) is 0 Å². The molecule has 20 heavy (non-hydrogen) atoms. The molecule has 1 rings (SSSR count). The standard InChI is InChI=1S/C13H22N2O4S/c1-10(9-18-3)15(2)20(16,17)13-7-11(8-14)5-6-12(13)19-4/h5-7,10H,8-9,14H2,1-4H3. The molecular formula is C13H22N2O4S. The second-order valence-electron chi connectivity index (χ2n) is 4.51. The van der Waals surface area contributed by atoms with E-state index in [1.165, 1.54) is 25.6 Å². The number of methoxy groups -OCH3 is 2. The van der Waals surface area contributed by atoms with Gasteiger partial charge in [0.2, 0.25) is 10.0 Å². The predicted octanol–water partition coefficient (Wildman–Crippen LogP) is 0.809.